The molecule has 6 heterocycles. The number of hydrogen-bond acceptors (Lipinski definition) is 17. The summed E-state index contributed by atoms with van der Waals surface area (Å²) >= 11 is 3.50. The molecule has 776 valence electrons. The Hall–Kier alpha value is -8.39. The number of hydrogen-bond donors (Lipinski definition) is 3. The fourth-order valence-corrected chi connectivity index (χ4v) is 20.1. The number of terminal acetylenes is 1. The van der Waals surface area contributed by atoms with Crippen LogP contribution in [0, 0.1) is 68.0 Å². The lowest BCUT2D eigenvalue weighted by atomic mass is 9.81. The first-order chi connectivity index (χ1) is 63.5. The van der Waals surface area contributed by atoms with E-state index in [0.717, 1.165) is 68.6 Å². The molecule has 139 heavy (non-hydrogen) atoms. The predicted molar refractivity (Wildman–Crippen MR) is 597 cm³/mol. The number of allylic oxidation sites excluding steroid dienone is 6. The van der Waals surface area contributed by atoms with E-state index in [-0.39, 0.29) is 99.1 Å². The van der Waals surface area contributed by atoms with Crippen molar-refractivity contribution in [3.05, 3.63) is 188 Å². The lowest BCUT2D eigenvalue weighted by Crippen LogP contribution is -2.45. The van der Waals surface area contributed by atoms with Gasteiger partial charge in [-0.25, -0.2) is 9.78 Å². The maximum absolute atomic E-state index is 13.0. The Morgan fingerprint density at radius 3 is 1.40 bits per heavy atom. The molecule has 1 aliphatic carbocycles. The molecule has 4 unspecified atom stereocenters. The summed E-state index contributed by atoms with van der Waals surface area (Å²) in [6, 6.07) is 32.0. The lowest BCUT2D eigenvalue weighted by Gasteiger charge is -2.31. The summed E-state index contributed by atoms with van der Waals surface area (Å²) in [5.74, 6) is 3.17. The van der Waals surface area contributed by atoms with Gasteiger partial charge in [-0.15, -0.1) is 30.7 Å². The number of nitrogens with zero attached hydrogens (tertiary/aromatic N) is 4. The molecule has 24 heteroatoms. The molecule has 6 aliphatic rings. The van der Waals surface area contributed by atoms with Crippen molar-refractivity contribution in [3.63, 3.8) is 0 Å². The van der Waals surface area contributed by atoms with Crippen molar-refractivity contribution in [3.8, 4) is 12.3 Å². The molecule has 1 aromatic heterocycles. The van der Waals surface area contributed by atoms with Crippen molar-refractivity contribution in [1.82, 2.24) is 35.6 Å². The number of carbonyl (C=O) groups excluding carboxylic acids is 11. The highest BCUT2D eigenvalue weighted by Crippen LogP contribution is 2.46. The second-order valence-electron chi connectivity index (χ2n) is 46.4. The summed E-state index contributed by atoms with van der Waals surface area (Å²) in [4.78, 5) is 137. The van der Waals surface area contributed by atoms with Crippen LogP contribution in [0.25, 0.3) is 0 Å². The Labute approximate surface area is 859 Å². The standard InChI is InChI=1S/C25H25O3P.C16H24N2O3.C14H18N2O4S.C10H17NOS.C9H13NS2.C8H14.C7H15NO.C7H14.C6H12.C6H10.C5H12.C2H6/c1-25(2,3)23(26)18-15-16-21(24(27)28-4)22(17-18)29(19-11-7-5-8-12-19)20-13-9-6-10-14-20;1-16(2,3)17-15(21)12-6-4-11(5-7-12)10-18-13(19)8-9-14(18)20;1-14(2,3)21-9-8-12(19)16(13(9)20)7-6-15-10(17)4-5-11(15)18;1-10(2,3)9-8-6(5-13-9)4-7(12)11-8;1-9(2,3)12-11-8-6-4-5-7-10-8;1-5-6-7-8(2,3)4;1-5-6(9)8-7(2,3)4;1-5-6-7(2,3)4;2*1-5-6(2,3)4;1-5(2,3)4;1-2/h5-17H,1-4H3;8-9,11-12H,4-7,10H2,1-3H3,(H,17,21);4-5,9H,6-8H2,1-3H3;6,8-9H,4-5H2,1-3H3,(H,11,12);4-7H,1-3H3;5-7H,1H2,2-4H3;5H2,1-4H3,(H,8,9);5-6H,1-4H3;5H,1H2,2-4H3;1H,2-4H3;1-4H3;1-2H3/b;;;;;7-6-;;;;;;. The smallest absolute Gasteiger partial charge is 0.338 e. The summed E-state index contributed by atoms with van der Waals surface area (Å²) in [5, 5.41) is 13.3. The highest BCUT2D eigenvalue weighted by Gasteiger charge is 2.48. The Morgan fingerprint density at radius 1 is 0.597 bits per heavy atom. The van der Waals surface area contributed by atoms with Gasteiger partial charge in [-0.2, -0.15) is 11.8 Å². The molecule has 0 bridgehead atoms. The van der Waals surface area contributed by atoms with Crippen molar-refractivity contribution < 1.29 is 57.5 Å². The molecule has 4 atom stereocenters. The molecule has 10 rings (SSSR count). The molecule has 4 fully saturated rings. The van der Waals surface area contributed by atoms with E-state index in [4.69, 9.17) is 11.2 Å². The van der Waals surface area contributed by atoms with Crippen LogP contribution in [-0.2, 0) is 47.9 Å². The van der Waals surface area contributed by atoms with E-state index in [1.165, 1.54) is 48.1 Å². The van der Waals surface area contributed by atoms with Gasteiger partial charge in [0.2, 0.25) is 29.5 Å². The van der Waals surface area contributed by atoms with Crippen molar-refractivity contribution in [1.29, 1.82) is 0 Å². The number of amides is 9. The number of ketones is 1. The minimum Gasteiger partial charge on any atom is -0.465 e. The Morgan fingerprint density at radius 2 is 1.05 bits per heavy atom. The van der Waals surface area contributed by atoms with Gasteiger partial charge < -0.3 is 20.7 Å². The summed E-state index contributed by atoms with van der Waals surface area (Å²) in [6.07, 6.45) is 28.9. The van der Waals surface area contributed by atoms with Crippen LogP contribution in [0.5, 0.6) is 0 Å². The van der Waals surface area contributed by atoms with Gasteiger partial charge in [0.25, 0.3) is 23.6 Å². The van der Waals surface area contributed by atoms with Crippen LogP contribution < -0.4 is 31.9 Å². The maximum atomic E-state index is 13.0. The first-order valence-corrected chi connectivity index (χ1v) is 54.1. The zero-order valence-electron chi connectivity index (χ0n) is 92.6. The van der Waals surface area contributed by atoms with Crippen molar-refractivity contribution >= 4 is 134 Å². The number of ether oxygens (including phenoxy) is 1. The minimum absolute atomic E-state index is 0.0474. The number of methoxy groups -OCH3 is 1. The van der Waals surface area contributed by atoms with Gasteiger partial charge in [-0.05, 0) is 193 Å². The van der Waals surface area contributed by atoms with Gasteiger partial charge in [0.15, 0.2) is 5.78 Å². The van der Waals surface area contributed by atoms with Gasteiger partial charge in [0.1, 0.15) is 5.03 Å². The Balaban J connectivity index is 0. The third-order valence-electron chi connectivity index (χ3n) is 19.1. The molecule has 5 aliphatic heterocycles. The van der Waals surface area contributed by atoms with Gasteiger partial charge in [-0.1, -0.05) is 320 Å². The van der Waals surface area contributed by atoms with Crippen LogP contribution in [0.2, 0.25) is 0 Å². The molecule has 9 amide bonds. The van der Waals surface area contributed by atoms with Gasteiger partial charge >= 0.3 is 5.97 Å². The van der Waals surface area contributed by atoms with Crippen molar-refractivity contribution in [2.75, 3.05) is 32.5 Å². The minimum atomic E-state index is -1.03. The first-order valence-electron chi connectivity index (χ1n) is 48.7. The fourth-order valence-electron chi connectivity index (χ4n) is 12.6. The van der Waals surface area contributed by atoms with E-state index in [1.807, 2.05) is 233 Å². The number of esters is 1. The van der Waals surface area contributed by atoms with Gasteiger partial charge in [-0.3, -0.25) is 62.6 Å². The van der Waals surface area contributed by atoms with E-state index in [9.17, 15) is 52.7 Å². The summed E-state index contributed by atoms with van der Waals surface area (Å²) in [5.41, 5.74) is 2.18. The monoisotopic (exact) mass is 2010 g/mol. The Kier molecular flexibility index (Phi) is 58.7. The second-order valence-corrected chi connectivity index (χ2v) is 54.8. The third-order valence-corrected chi connectivity index (χ3v) is 28.1. The van der Waals surface area contributed by atoms with Crippen LogP contribution in [0.15, 0.2) is 182 Å². The first kappa shape index (κ1) is 133. The molecule has 4 aromatic rings. The zero-order chi connectivity index (χ0) is 108. The molecule has 3 aromatic carbocycles. The number of aromatic nitrogens is 1. The quantitative estimate of drug-likeness (QED) is 0.0138. The molecular weight excluding hydrogens is 1830 g/mol. The van der Waals surface area contributed by atoms with Crippen LogP contribution in [0.3, 0.4) is 0 Å². The number of fused-ring (bicyclic) bond motifs is 1. The van der Waals surface area contributed by atoms with Crippen LogP contribution in [0.1, 0.15) is 329 Å². The third kappa shape index (κ3) is 60.6. The molecule has 0 radical (unpaired) electrons. The number of imide groups is 3. The van der Waals surface area contributed by atoms with Gasteiger partial charge in [0.05, 0.1) is 17.9 Å². The van der Waals surface area contributed by atoms with Crippen LogP contribution >= 0.6 is 53.0 Å². The fraction of sp³-hybridized carbons (Fsp3) is 0.583. The van der Waals surface area contributed by atoms with E-state index in [1.54, 1.807) is 29.0 Å². The molecule has 19 nitrogen and oxygen atoms in total. The molecule has 1 saturated carbocycles. The number of thioether (sulfide) groups is 2. The Bertz CT molecular complexity index is 4580. The molecule has 0 spiro atoms. The second kappa shape index (κ2) is 61.6. The van der Waals surface area contributed by atoms with Crippen LogP contribution in [0.4, 0.5) is 0 Å². The number of Topliss-reactive ketones (excluding diaryl/α,β-unsaturated/α-hetero) is 1. The number of nitrogens with one attached hydrogen (secondary N) is 3. The van der Waals surface area contributed by atoms with E-state index in [2.05, 4.69) is 214 Å². The summed E-state index contributed by atoms with van der Waals surface area (Å²) in [6.45, 7) is 86.8. The highest BCUT2D eigenvalue weighted by molar-refractivity contribution is 8.77. The number of pyridine rings is 1. The molecule has 3 saturated heterocycles. The summed E-state index contributed by atoms with van der Waals surface area (Å²) in [7, 11) is 3.92. The highest BCUT2D eigenvalue weighted by atomic mass is 33.1. The largest absolute Gasteiger partial charge is 0.465 e. The van der Waals surface area contributed by atoms with E-state index < -0.39 is 31.1 Å². The zero-order valence-corrected chi connectivity index (χ0v) is 96.8. The van der Waals surface area contributed by atoms with Crippen molar-refractivity contribution in [2.45, 2.75) is 350 Å². The van der Waals surface area contributed by atoms with Crippen LogP contribution in [-0.4, -0.2) is 154 Å². The van der Waals surface area contributed by atoms with Gasteiger partial charge in [0, 0.05) is 129 Å². The lowest BCUT2D eigenvalue weighted by molar-refractivity contribution is -0.142. The molecule has 3 N–H and O–H groups in total. The van der Waals surface area contributed by atoms with E-state index in [0.29, 0.717) is 79.0 Å². The number of rotatable bonds is 16. The average Bonchev–Trinajstić information content (AvgIpc) is 1.44. The topological polar surface area (TPSA) is 256 Å². The summed E-state index contributed by atoms with van der Waals surface area (Å²) < 4.78 is 5.24. The number of benzene rings is 3. The molecular formula is C115H180N7O12PS4. The number of carbonyl (C=O) groups is 11. The van der Waals surface area contributed by atoms with E-state index >= 15 is 0 Å². The maximum Gasteiger partial charge on any atom is 0.338 e. The number of likely N-dealkylation sites (tertiary alicyclic amines) is 1. The SMILES string of the molecule is C#CC(C)(C)C.C=C/C=C\C(C)(C)C.C=CC(C)(C)C.CC.CC(C)(C)C.CC(C)(C)C1SCC2CC(=O)NC21.CC(C)(C)NC(=O)C1CCC(CN2C(=O)C=CC2=O)CC1.CC(C)(C)SC1CC(=O)N(CCN2C(=O)C=CC2=O)C1=O.CC(C)(C)SSc1ccccn1.CC=CC(C)(C)C.CCC(=O)NC(C)(C)C.COC(=O)c1ccc(C(=O)C(C)(C)C)cc1P(c1ccccc1)c1ccccc1. The normalized spacial score (nSPS) is 17.9. The predicted octanol–water partition coefficient (Wildman–Crippen LogP) is 25.6. The van der Waals surface area contributed by atoms with Crippen molar-refractivity contribution in [2.24, 2.45) is 55.7 Å². The average molecular weight is 2010 g/mol.